The van der Waals surface area contributed by atoms with E-state index in [-0.39, 0.29) is 43.3 Å². The summed E-state index contributed by atoms with van der Waals surface area (Å²) in [6.45, 7) is 73.4. The van der Waals surface area contributed by atoms with E-state index < -0.39 is 0 Å². The summed E-state index contributed by atoms with van der Waals surface area (Å²) in [4.78, 5) is 0. The van der Waals surface area contributed by atoms with Crippen molar-refractivity contribution in [3.63, 3.8) is 0 Å². The van der Waals surface area contributed by atoms with Crippen LogP contribution in [0.15, 0.2) is 48.5 Å². The van der Waals surface area contributed by atoms with Crippen LogP contribution in [0.3, 0.4) is 0 Å². The summed E-state index contributed by atoms with van der Waals surface area (Å²) in [6, 6.07) is 20.5. The van der Waals surface area contributed by atoms with E-state index in [4.69, 9.17) is 0 Å². The van der Waals surface area contributed by atoms with Gasteiger partial charge >= 0.3 is 0 Å². The second-order valence-electron chi connectivity index (χ2n) is 30.0. The summed E-state index contributed by atoms with van der Waals surface area (Å²) in [5.74, 6) is 0. The summed E-state index contributed by atoms with van der Waals surface area (Å²) >= 11 is 0. The molecule has 0 saturated heterocycles. The van der Waals surface area contributed by atoms with Crippen molar-refractivity contribution in [1.82, 2.24) is 0 Å². The summed E-state index contributed by atoms with van der Waals surface area (Å²) in [5, 5.41) is 0. The Morgan fingerprint density at radius 3 is 0.718 bits per heavy atom. The fourth-order valence-corrected chi connectivity index (χ4v) is 10.8. The van der Waals surface area contributed by atoms with Gasteiger partial charge in [0.1, 0.15) is 0 Å². The van der Waals surface area contributed by atoms with Crippen LogP contribution in [0.4, 0.5) is 0 Å². The quantitative estimate of drug-likeness (QED) is 0.147. The van der Waals surface area contributed by atoms with Crippen LogP contribution in [0.5, 0.6) is 0 Å². The molecular weight excluding hydrogens is 872 g/mol. The zero-order valence-electron chi connectivity index (χ0n) is 52.9. The maximum absolute atomic E-state index is 2.59. The predicted octanol–water partition coefficient (Wildman–Crippen LogP) is 22.1. The third-order valence-electron chi connectivity index (χ3n) is 16.0. The first-order chi connectivity index (χ1) is 31.9. The minimum absolute atomic E-state index is 0.00444. The largest absolute Gasteiger partial charge is 0.141 e. The second kappa shape index (κ2) is 23.1. The molecular formula is C70H115P. The molecule has 0 radical (unpaired) electrons. The lowest BCUT2D eigenvalue weighted by Crippen LogP contribution is -2.23. The van der Waals surface area contributed by atoms with Crippen LogP contribution in [0.1, 0.15) is 293 Å². The lowest BCUT2D eigenvalue weighted by molar-refractivity contribution is 0.226. The first-order valence-electron chi connectivity index (χ1n) is 28.1. The molecule has 4 aromatic rings. The molecule has 1 unspecified atom stereocenters. The standard InChI is InChI=1S/C59H88.C10H22.CH5P/c1-36-42(27-38(52(3,4)5)31-48(36)56(15,16)17)44-29-40(54(9,10)11)33-50(58(21,22)23)46(44)35-47-45(30-41(55(12,13)14)34-51(47)59(24,25)26)43-28-39(53(6,7)8)32-49(37(43)2)57(18,19)20;1-5-9-10(6-2,7-3)8-4;1-2/h27-34H,35H2,1-26H3;5-9H2,1-4H3;2H2,1H3. The van der Waals surface area contributed by atoms with Gasteiger partial charge in [0, 0.05) is 0 Å². The minimum Gasteiger partial charge on any atom is -0.141 e. The molecule has 400 valence electrons. The number of rotatable bonds is 9. The average molecular weight is 988 g/mol. The molecule has 0 N–H and O–H groups in total. The molecule has 0 saturated carbocycles. The van der Waals surface area contributed by atoms with Gasteiger partial charge in [0.15, 0.2) is 0 Å². The van der Waals surface area contributed by atoms with Gasteiger partial charge in [0.05, 0.1) is 0 Å². The zero-order chi connectivity index (χ0) is 55.6. The molecule has 0 aliphatic heterocycles. The highest BCUT2D eigenvalue weighted by molar-refractivity contribution is 7.15. The maximum atomic E-state index is 2.59. The molecule has 1 heteroatoms. The predicted molar refractivity (Wildman–Crippen MR) is 329 cm³/mol. The van der Waals surface area contributed by atoms with Gasteiger partial charge in [-0.05, 0) is 164 Å². The molecule has 0 aromatic heterocycles. The fraction of sp³-hybridized carbons (Fsp3) is 0.657. The van der Waals surface area contributed by atoms with Crippen LogP contribution < -0.4 is 0 Å². The van der Waals surface area contributed by atoms with Crippen molar-refractivity contribution in [3.05, 3.63) is 115 Å². The van der Waals surface area contributed by atoms with Crippen molar-refractivity contribution in [2.45, 2.75) is 290 Å². The van der Waals surface area contributed by atoms with Gasteiger partial charge in [-0.25, -0.2) is 0 Å². The minimum atomic E-state index is -0.0807. The fourth-order valence-electron chi connectivity index (χ4n) is 10.8. The van der Waals surface area contributed by atoms with Gasteiger partial charge in [0.2, 0.25) is 0 Å². The molecule has 4 aromatic carbocycles. The van der Waals surface area contributed by atoms with Crippen molar-refractivity contribution in [1.29, 1.82) is 0 Å². The Morgan fingerprint density at radius 1 is 0.310 bits per heavy atom. The van der Waals surface area contributed by atoms with Gasteiger partial charge in [0.25, 0.3) is 0 Å². The Hall–Kier alpha value is -2.69. The van der Waals surface area contributed by atoms with E-state index in [0.717, 1.165) is 6.42 Å². The number of hydrogen-bond acceptors (Lipinski definition) is 0. The monoisotopic (exact) mass is 987 g/mol. The van der Waals surface area contributed by atoms with Gasteiger partial charge in [-0.2, -0.15) is 0 Å². The number of hydrogen-bond donors (Lipinski definition) is 0. The van der Waals surface area contributed by atoms with Crippen LogP contribution >= 0.6 is 9.24 Å². The van der Waals surface area contributed by atoms with Gasteiger partial charge in [-0.15, -0.1) is 9.24 Å². The van der Waals surface area contributed by atoms with Crippen LogP contribution in [0.2, 0.25) is 0 Å². The molecule has 0 nitrogen and oxygen atoms in total. The van der Waals surface area contributed by atoms with E-state index in [1.807, 2.05) is 6.66 Å². The molecule has 0 heterocycles. The van der Waals surface area contributed by atoms with Crippen molar-refractivity contribution in [2.75, 3.05) is 6.66 Å². The van der Waals surface area contributed by atoms with Crippen molar-refractivity contribution >= 4 is 9.24 Å². The topological polar surface area (TPSA) is 0 Å². The van der Waals surface area contributed by atoms with E-state index in [9.17, 15) is 0 Å². The Kier molecular flexibility index (Phi) is 20.9. The summed E-state index contributed by atoms with van der Waals surface area (Å²) in [6.07, 6.45) is 7.67. The Balaban J connectivity index is 0.00000128. The normalized spacial score (nSPS) is 13.4. The molecule has 0 amide bonds. The molecule has 0 spiro atoms. The van der Waals surface area contributed by atoms with E-state index in [2.05, 4.69) is 265 Å². The average Bonchev–Trinajstić information content (AvgIpc) is 3.21. The summed E-state index contributed by atoms with van der Waals surface area (Å²) < 4.78 is 0. The second-order valence-corrected chi connectivity index (χ2v) is 30.0. The third-order valence-corrected chi connectivity index (χ3v) is 16.0. The lowest BCUT2D eigenvalue weighted by Gasteiger charge is -2.35. The SMILES string of the molecule is CCCC(CC)(CC)CC.CP.Cc1c(-c2cc(C(C)(C)C)cc(C(C)(C)C)c2Cc2c(-c3cc(C(C)(C)C)cc(C(C)(C)C)c3C)cc(C(C)(C)C)cc2C(C)(C)C)cc(C(C)(C)C)cc1C(C)(C)C. The highest BCUT2D eigenvalue weighted by Gasteiger charge is 2.34. The van der Waals surface area contributed by atoms with Crippen molar-refractivity contribution < 1.29 is 0 Å². The van der Waals surface area contributed by atoms with E-state index in [0.29, 0.717) is 5.41 Å². The molecule has 0 fully saturated rings. The van der Waals surface area contributed by atoms with Crippen LogP contribution in [-0.2, 0) is 49.7 Å². The van der Waals surface area contributed by atoms with Crippen LogP contribution in [0.25, 0.3) is 22.3 Å². The molecule has 0 aliphatic carbocycles. The van der Waals surface area contributed by atoms with Gasteiger partial charge < -0.3 is 0 Å². The molecule has 4 rings (SSSR count). The highest BCUT2D eigenvalue weighted by atomic mass is 31.0. The third kappa shape index (κ3) is 15.9. The van der Waals surface area contributed by atoms with Gasteiger partial charge in [-0.1, -0.05) is 275 Å². The lowest BCUT2D eigenvalue weighted by atomic mass is 9.69. The zero-order valence-corrected chi connectivity index (χ0v) is 54.1. The Morgan fingerprint density at radius 2 is 0.535 bits per heavy atom. The Bertz CT molecular complexity index is 2220. The first-order valence-corrected chi connectivity index (χ1v) is 29.3. The molecule has 0 bridgehead atoms. The van der Waals surface area contributed by atoms with Crippen molar-refractivity contribution in [2.24, 2.45) is 5.41 Å². The highest BCUT2D eigenvalue weighted by Crippen LogP contribution is 2.48. The smallest absolute Gasteiger partial charge is 0.000756 e. The first kappa shape index (κ1) is 64.4. The summed E-state index contributed by atoms with van der Waals surface area (Å²) in [5.41, 5.74) is 23.3. The van der Waals surface area contributed by atoms with E-state index in [1.165, 1.54) is 121 Å². The number of benzene rings is 4. The van der Waals surface area contributed by atoms with Gasteiger partial charge in [-0.3, -0.25) is 0 Å². The molecule has 0 aliphatic rings. The van der Waals surface area contributed by atoms with E-state index >= 15 is 0 Å². The summed E-state index contributed by atoms with van der Waals surface area (Å²) in [7, 11) is 2.42. The van der Waals surface area contributed by atoms with Crippen LogP contribution in [0, 0.1) is 19.3 Å². The van der Waals surface area contributed by atoms with E-state index in [1.54, 1.807) is 0 Å². The molecule has 1 atom stereocenters. The molecule has 71 heavy (non-hydrogen) atoms. The van der Waals surface area contributed by atoms with Crippen molar-refractivity contribution in [3.8, 4) is 22.3 Å². The maximum Gasteiger partial charge on any atom is -0.000756 e. The van der Waals surface area contributed by atoms with Crippen LogP contribution in [-0.4, -0.2) is 6.66 Å². The Labute approximate surface area is 446 Å².